The molecule has 6 nitrogen and oxygen atoms in total. The topological polar surface area (TPSA) is 87.0 Å². The third-order valence-corrected chi connectivity index (χ3v) is 3.85. The average Bonchev–Trinajstić information content (AvgIpc) is 2.68. The lowest BCUT2D eigenvalue weighted by molar-refractivity contribution is -0.114. The van der Waals surface area contributed by atoms with Crippen molar-refractivity contribution >= 4 is 23.1 Å². The number of nitrogens with zero attached hydrogens (tertiary/aromatic N) is 2. The number of amides is 1. The maximum Gasteiger partial charge on any atom is 0.221 e. The molecule has 0 saturated carbocycles. The van der Waals surface area contributed by atoms with E-state index in [0.717, 1.165) is 22.7 Å². The third-order valence-electron chi connectivity index (χ3n) is 3.85. The third kappa shape index (κ3) is 4.41. The summed E-state index contributed by atoms with van der Waals surface area (Å²) >= 11 is 0. The number of methoxy groups -OCH3 is 1. The van der Waals surface area contributed by atoms with E-state index in [9.17, 15) is 10.1 Å². The Hall–Kier alpha value is -3.85. The van der Waals surface area contributed by atoms with E-state index >= 15 is 0 Å². The fraction of sp³-hybridized carbons (Fsp3) is 0.0952. The summed E-state index contributed by atoms with van der Waals surface area (Å²) in [7, 11) is 1.62. The second kappa shape index (κ2) is 8.02. The van der Waals surface area contributed by atoms with Crippen molar-refractivity contribution in [1.29, 1.82) is 5.26 Å². The van der Waals surface area contributed by atoms with Gasteiger partial charge < -0.3 is 15.4 Å². The molecule has 0 saturated heterocycles. The van der Waals surface area contributed by atoms with E-state index in [1.54, 1.807) is 31.4 Å². The van der Waals surface area contributed by atoms with E-state index in [1.807, 2.05) is 36.4 Å². The van der Waals surface area contributed by atoms with Crippen molar-refractivity contribution in [3.8, 4) is 23.1 Å². The lowest BCUT2D eigenvalue weighted by atomic mass is 10.1. The quantitative estimate of drug-likeness (QED) is 0.709. The Morgan fingerprint density at radius 3 is 2.48 bits per heavy atom. The van der Waals surface area contributed by atoms with Crippen LogP contribution in [0.3, 0.4) is 0 Å². The van der Waals surface area contributed by atoms with Gasteiger partial charge in [0.2, 0.25) is 5.91 Å². The van der Waals surface area contributed by atoms with E-state index in [1.165, 1.54) is 6.92 Å². The number of hydrogen-bond acceptors (Lipinski definition) is 5. The highest BCUT2D eigenvalue weighted by Crippen LogP contribution is 2.26. The smallest absolute Gasteiger partial charge is 0.221 e. The highest BCUT2D eigenvalue weighted by molar-refractivity contribution is 5.89. The molecule has 0 aliphatic carbocycles. The predicted octanol–water partition coefficient (Wildman–Crippen LogP) is 4.33. The van der Waals surface area contributed by atoms with Gasteiger partial charge in [-0.3, -0.25) is 4.79 Å². The summed E-state index contributed by atoms with van der Waals surface area (Å²) in [5.41, 5.74) is 3.46. The summed E-state index contributed by atoms with van der Waals surface area (Å²) < 4.78 is 5.18. The van der Waals surface area contributed by atoms with Gasteiger partial charge in [-0.1, -0.05) is 6.07 Å². The molecule has 1 aromatic heterocycles. The Kier molecular flexibility index (Phi) is 5.33. The van der Waals surface area contributed by atoms with Crippen molar-refractivity contribution in [2.24, 2.45) is 0 Å². The largest absolute Gasteiger partial charge is 0.497 e. The number of benzene rings is 2. The molecular formula is C21H18N4O2. The van der Waals surface area contributed by atoms with Crippen molar-refractivity contribution < 1.29 is 9.53 Å². The summed E-state index contributed by atoms with van der Waals surface area (Å²) in [5.74, 6) is 1.07. The standard InChI is InChI=1S/C21H18N4O2/c1-14(26)23-17-4-3-5-18(12-17)24-21-16(13-22)8-11-20(25-21)15-6-9-19(27-2)10-7-15/h3-12H,1-2H3,(H,23,26)(H,24,25). The van der Waals surface area contributed by atoms with E-state index in [2.05, 4.69) is 21.7 Å². The first kappa shape index (κ1) is 18.0. The number of ether oxygens (including phenoxy) is 1. The minimum Gasteiger partial charge on any atom is -0.497 e. The second-order valence-corrected chi connectivity index (χ2v) is 5.82. The molecular weight excluding hydrogens is 340 g/mol. The molecule has 3 rings (SSSR count). The lowest BCUT2D eigenvalue weighted by Gasteiger charge is -2.11. The van der Waals surface area contributed by atoms with Gasteiger partial charge in [0.05, 0.1) is 18.4 Å². The van der Waals surface area contributed by atoms with Gasteiger partial charge in [-0.05, 0) is 54.6 Å². The maximum atomic E-state index is 11.2. The molecule has 2 N–H and O–H groups in total. The SMILES string of the molecule is COc1ccc(-c2ccc(C#N)c(Nc3cccc(NC(C)=O)c3)n2)cc1. The zero-order valence-corrected chi connectivity index (χ0v) is 15.0. The van der Waals surface area contributed by atoms with Crippen molar-refractivity contribution in [1.82, 2.24) is 4.98 Å². The van der Waals surface area contributed by atoms with Crippen LogP contribution in [0.25, 0.3) is 11.3 Å². The number of carbonyl (C=O) groups is 1. The molecule has 0 unspecified atom stereocenters. The summed E-state index contributed by atoms with van der Waals surface area (Å²) in [6.07, 6.45) is 0. The van der Waals surface area contributed by atoms with Crippen LogP contribution < -0.4 is 15.4 Å². The number of nitriles is 1. The number of rotatable bonds is 5. The molecule has 2 aromatic carbocycles. The van der Waals surface area contributed by atoms with Crippen LogP contribution in [0.2, 0.25) is 0 Å². The van der Waals surface area contributed by atoms with Crippen LogP contribution in [0.5, 0.6) is 5.75 Å². The summed E-state index contributed by atoms with van der Waals surface area (Å²) in [5, 5.41) is 15.3. The van der Waals surface area contributed by atoms with Crippen molar-refractivity contribution in [2.45, 2.75) is 6.92 Å². The molecule has 1 amide bonds. The monoisotopic (exact) mass is 358 g/mol. The van der Waals surface area contributed by atoms with Gasteiger partial charge >= 0.3 is 0 Å². The molecule has 0 spiro atoms. The molecule has 0 aliphatic rings. The number of aromatic nitrogens is 1. The predicted molar refractivity (Wildman–Crippen MR) is 105 cm³/mol. The molecule has 3 aromatic rings. The van der Waals surface area contributed by atoms with E-state index in [0.29, 0.717) is 17.1 Å². The van der Waals surface area contributed by atoms with Gasteiger partial charge in [0.15, 0.2) is 0 Å². The number of anilines is 3. The average molecular weight is 358 g/mol. The van der Waals surface area contributed by atoms with Crippen LogP contribution in [-0.2, 0) is 4.79 Å². The number of nitrogens with one attached hydrogen (secondary N) is 2. The van der Waals surface area contributed by atoms with Gasteiger partial charge in [-0.15, -0.1) is 0 Å². The fourth-order valence-electron chi connectivity index (χ4n) is 2.58. The number of pyridine rings is 1. The van der Waals surface area contributed by atoms with Crippen LogP contribution in [-0.4, -0.2) is 18.0 Å². The molecule has 134 valence electrons. The Morgan fingerprint density at radius 2 is 1.81 bits per heavy atom. The fourth-order valence-corrected chi connectivity index (χ4v) is 2.58. The Balaban J connectivity index is 1.92. The molecule has 0 aliphatic heterocycles. The maximum absolute atomic E-state index is 11.2. The molecule has 27 heavy (non-hydrogen) atoms. The van der Waals surface area contributed by atoms with E-state index < -0.39 is 0 Å². The Morgan fingerprint density at radius 1 is 1.07 bits per heavy atom. The first-order chi connectivity index (χ1) is 13.1. The highest BCUT2D eigenvalue weighted by Gasteiger charge is 2.09. The van der Waals surface area contributed by atoms with Gasteiger partial charge in [0.1, 0.15) is 17.6 Å². The number of carbonyl (C=O) groups excluding carboxylic acids is 1. The molecule has 0 atom stereocenters. The summed E-state index contributed by atoms with van der Waals surface area (Å²) in [6.45, 7) is 1.45. The van der Waals surface area contributed by atoms with Crippen LogP contribution in [0.1, 0.15) is 12.5 Å². The van der Waals surface area contributed by atoms with Gasteiger partial charge in [0, 0.05) is 23.9 Å². The number of hydrogen-bond donors (Lipinski definition) is 2. The zero-order chi connectivity index (χ0) is 19.2. The first-order valence-corrected chi connectivity index (χ1v) is 8.29. The van der Waals surface area contributed by atoms with Crippen LogP contribution >= 0.6 is 0 Å². The van der Waals surface area contributed by atoms with Crippen molar-refractivity contribution in [3.63, 3.8) is 0 Å². The van der Waals surface area contributed by atoms with Crippen molar-refractivity contribution in [2.75, 3.05) is 17.7 Å². The van der Waals surface area contributed by atoms with Crippen LogP contribution in [0, 0.1) is 11.3 Å². The van der Waals surface area contributed by atoms with Crippen LogP contribution in [0.15, 0.2) is 60.7 Å². The molecule has 0 bridgehead atoms. The van der Waals surface area contributed by atoms with E-state index in [-0.39, 0.29) is 5.91 Å². The normalized spacial score (nSPS) is 9.96. The van der Waals surface area contributed by atoms with Crippen LogP contribution in [0.4, 0.5) is 17.2 Å². The molecule has 0 radical (unpaired) electrons. The molecule has 6 heteroatoms. The Bertz CT molecular complexity index is 1010. The summed E-state index contributed by atoms with van der Waals surface area (Å²) in [6, 6.07) is 20.4. The van der Waals surface area contributed by atoms with Gasteiger partial charge in [-0.2, -0.15) is 5.26 Å². The Labute approximate surface area is 157 Å². The molecule has 1 heterocycles. The first-order valence-electron chi connectivity index (χ1n) is 8.29. The highest BCUT2D eigenvalue weighted by atomic mass is 16.5. The molecule has 0 fully saturated rings. The minimum absolute atomic E-state index is 0.149. The van der Waals surface area contributed by atoms with E-state index in [4.69, 9.17) is 4.74 Å². The van der Waals surface area contributed by atoms with Gasteiger partial charge in [0.25, 0.3) is 0 Å². The summed E-state index contributed by atoms with van der Waals surface area (Å²) in [4.78, 5) is 15.8. The van der Waals surface area contributed by atoms with Gasteiger partial charge in [-0.25, -0.2) is 4.98 Å². The van der Waals surface area contributed by atoms with Crippen molar-refractivity contribution in [3.05, 3.63) is 66.2 Å². The lowest BCUT2D eigenvalue weighted by Crippen LogP contribution is -2.06. The second-order valence-electron chi connectivity index (χ2n) is 5.82. The zero-order valence-electron chi connectivity index (χ0n) is 15.0. The minimum atomic E-state index is -0.149.